The average molecular weight is 213 g/mol. The Morgan fingerprint density at radius 3 is 2.71 bits per heavy atom. The number of aryl methyl sites for hydroxylation is 1. The van der Waals surface area contributed by atoms with E-state index < -0.39 is 0 Å². The van der Waals surface area contributed by atoms with Crippen LogP contribution in [-0.4, -0.2) is 17.8 Å². The number of aliphatic hydroxyl groups is 1. The van der Waals surface area contributed by atoms with E-state index in [1.165, 1.54) is 10.4 Å². The van der Waals surface area contributed by atoms with Gasteiger partial charge in [-0.05, 0) is 44.2 Å². The standard InChI is InChI=1S/C11H19NOS/c1-8-5-7-14-11(8)10(3)12-9(2)4-6-13/h5,7,9-10,12-13H,4,6H2,1-3H3/t9-,10?/m1/s1. The first kappa shape index (κ1) is 11.7. The normalized spacial score (nSPS) is 15.4. The van der Waals surface area contributed by atoms with E-state index in [9.17, 15) is 0 Å². The van der Waals surface area contributed by atoms with Gasteiger partial charge >= 0.3 is 0 Å². The van der Waals surface area contributed by atoms with Gasteiger partial charge in [-0.3, -0.25) is 0 Å². The highest BCUT2D eigenvalue weighted by molar-refractivity contribution is 7.10. The minimum Gasteiger partial charge on any atom is -0.396 e. The van der Waals surface area contributed by atoms with E-state index >= 15 is 0 Å². The van der Waals surface area contributed by atoms with Crippen molar-refractivity contribution in [2.75, 3.05) is 6.61 Å². The van der Waals surface area contributed by atoms with Gasteiger partial charge in [0.25, 0.3) is 0 Å². The third kappa shape index (κ3) is 3.08. The smallest absolute Gasteiger partial charge is 0.0445 e. The van der Waals surface area contributed by atoms with E-state index in [4.69, 9.17) is 5.11 Å². The zero-order chi connectivity index (χ0) is 10.6. The SMILES string of the molecule is Cc1ccsc1C(C)N[C@H](C)CCO. The van der Waals surface area contributed by atoms with Gasteiger partial charge in [0.15, 0.2) is 0 Å². The zero-order valence-corrected chi connectivity index (χ0v) is 9.90. The molecule has 0 aromatic carbocycles. The van der Waals surface area contributed by atoms with Crippen LogP contribution < -0.4 is 5.32 Å². The lowest BCUT2D eigenvalue weighted by molar-refractivity contribution is 0.265. The van der Waals surface area contributed by atoms with Crippen LogP contribution in [0.1, 0.15) is 36.8 Å². The molecule has 0 bridgehead atoms. The van der Waals surface area contributed by atoms with E-state index in [1.54, 1.807) is 11.3 Å². The maximum atomic E-state index is 8.80. The molecule has 14 heavy (non-hydrogen) atoms. The highest BCUT2D eigenvalue weighted by atomic mass is 32.1. The molecule has 0 aliphatic carbocycles. The van der Waals surface area contributed by atoms with Crippen molar-refractivity contribution in [3.8, 4) is 0 Å². The van der Waals surface area contributed by atoms with Crippen LogP contribution in [0.15, 0.2) is 11.4 Å². The predicted molar refractivity (Wildman–Crippen MR) is 61.8 cm³/mol. The first-order valence-corrected chi connectivity index (χ1v) is 5.94. The number of aliphatic hydroxyl groups excluding tert-OH is 1. The van der Waals surface area contributed by atoms with Crippen molar-refractivity contribution in [1.29, 1.82) is 0 Å². The molecule has 0 amide bonds. The second kappa shape index (κ2) is 5.49. The minimum absolute atomic E-state index is 0.254. The van der Waals surface area contributed by atoms with Crippen molar-refractivity contribution in [1.82, 2.24) is 5.32 Å². The Balaban J connectivity index is 2.50. The quantitative estimate of drug-likeness (QED) is 0.787. The Morgan fingerprint density at radius 1 is 1.50 bits per heavy atom. The minimum atomic E-state index is 0.254. The van der Waals surface area contributed by atoms with Gasteiger partial charge in [0.1, 0.15) is 0 Å². The Morgan fingerprint density at radius 2 is 2.21 bits per heavy atom. The van der Waals surface area contributed by atoms with Gasteiger partial charge in [-0.1, -0.05) is 0 Å². The van der Waals surface area contributed by atoms with Crippen LogP contribution in [0, 0.1) is 6.92 Å². The molecule has 1 aromatic rings. The van der Waals surface area contributed by atoms with Crippen molar-refractivity contribution in [2.24, 2.45) is 0 Å². The van der Waals surface area contributed by atoms with Crippen LogP contribution in [-0.2, 0) is 0 Å². The fraction of sp³-hybridized carbons (Fsp3) is 0.636. The van der Waals surface area contributed by atoms with Gasteiger partial charge in [0.2, 0.25) is 0 Å². The third-order valence-corrected chi connectivity index (χ3v) is 3.59. The zero-order valence-electron chi connectivity index (χ0n) is 9.08. The second-order valence-electron chi connectivity index (χ2n) is 3.77. The predicted octanol–water partition coefficient (Wildman–Crippen LogP) is 2.48. The van der Waals surface area contributed by atoms with Crippen LogP contribution in [0.4, 0.5) is 0 Å². The van der Waals surface area contributed by atoms with E-state index in [1.807, 2.05) is 0 Å². The van der Waals surface area contributed by atoms with Gasteiger partial charge in [-0.15, -0.1) is 11.3 Å². The summed E-state index contributed by atoms with van der Waals surface area (Å²) in [5.74, 6) is 0. The van der Waals surface area contributed by atoms with Gasteiger partial charge in [0, 0.05) is 23.6 Å². The molecule has 0 spiro atoms. The molecule has 2 atom stereocenters. The fourth-order valence-corrected chi connectivity index (χ4v) is 2.55. The average Bonchev–Trinajstić information content (AvgIpc) is 2.51. The maximum absolute atomic E-state index is 8.80. The number of hydrogen-bond acceptors (Lipinski definition) is 3. The molecule has 0 saturated heterocycles. The monoisotopic (exact) mass is 213 g/mol. The molecule has 0 radical (unpaired) electrons. The van der Waals surface area contributed by atoms with Crippen LogP contribution in [0.2, 0.25) is 0 Å². The number of nitrogens with one attached hydrogen (secondary N) is 1. The van der Waals surface area contributed by atoms with E-state index in [-0.39, 0.29) is 6.61 Å². The molecule has 2 N–H and O–H groups in total. The summed E-state index contributed by atoms with van der Waals surface area (Å²) in [5, 5.41) is 14.4. The van der Waals surface area contributed by atoms with Crippen molar-refractivity contribution < 1.29 is 5.11 Å². The molecule has 80 valence electrons. The molecule has 1 rings (SSSR count). The molecule has 3 heteroatoms. The summed E-state index contributed by atoms with van der Waals surface area (Å²) in [7, 11) is 0. The molecule has 0 aliphatic heterocycles. The van der Waals surface area contributed by atoms with Crippen LogP contribution in [0.5, 0.6) is 0 Å². The van der Waals surface area contributed by atoms with Gasteiger partial charge in [-0.2, -0.15) is 0 Å². The summed E-state index contributed by atoms with van der Waals surface area (Å²) >= 11 is 1.79. The van der Waals surface area contributed by atoms with Crippen LogP contribution >= 0.6 is 11.3 Å². The van der Waals surface area contributed by atoms with Crippen LogP contribution in [0.3, 0.4) is 0 Å². The van der Waals surface area contributed by atoms with Gasteiger partial charge in [0.05, 0.1) is 0 Å². The first-order valence-electron chi connectivity index (χ1n) is 5.06. The Labute approximate surface area is 90.0 Å². The summed E-state index contributed by atoms with van der Waals surface area (Å²) in [6, 6.07) is 2.91. The van der Waals surface area contributed by atoms with Crippen molar-refractivity contribution >= 4 is 11.3 Å². The molecular weight excluding hydrogens is 194 g/mol. The Bertz CT molecular complexity index is 272. The van der Waals surface area contributed by atoms with E-state index in [0.717, 1.165) is 6.42 Å². The lowest BCUT2D eigenvalue weighted by Crippen LogP contribution is -2.29. The molecule has 0 aliphatic rings. The lowest BCUT2D eigenvalue weighted by atomic mass is 10.1. The summed E-state index contributed by atoms with van der Waals surface area (Å²) in [6.45, 7) is 6.67. The second-order valence-corrected chi connectivity index (χ2v) is 4.72. The first-order chi connectivity index (χ1) is 6.65. The summed E-state index contributed by atoms with van der Waals surface area (Å²) < 4.78 is 0. The molecule has 0 saturated carbocycles. The molecule has 1 aromatic heterocycles. The topological polar surface area (TPSA) is 32.3 Å². The van der Waals surface area contributed by atoms with Gasteiger partial charge < -0.3 is 10.4 Å². The van der Waals surface area contributed by atoms with E-state index in [0.29, 0.717) is 12.1 Å². The molecule has 2 nitrogen and oxygen atoms in total. The molecule has 1 heterocycles. The summed E-state index contributed by atoms with van der Waals surface area (Å²) in [5.41, 5.74) is 1.35. The number of rotatable bonds is 5. The Kier molecular flexibility index (Phi) is 4.58. The molecular formula is C11H19NOS. The maximum Gasteiger partial charge on any atom is 0.0445 e. The van der Waals surface area contributed by atoms with Crippen LogP contribution in [0.25, 0.3) is 0 Å². The molecule has 0 fully saturated rings. The third-order valence-electron chi connectivity index (χ3n) is 2.39. The highest BCUT2D eigenvalue weighted by Crippen LogP contribution is 2.23. The van der Waals surface area contributed by atoms with Gasteiger partial charge in [-0.25, -0.2) is 0 Å². The summed E-state index contributed by atoms with van der Waals surface area (Å²) in [4.78, 5) is 1.40. The highest BCUT2D eigenvalue weighted by Gasteiger charge is 2.11. The fourth-order valence-electron chi connectivity index (χ4n) is 1.61. The number of hydrogen-bond donors (Lipinski definition) is 2. The lowest BCUT2D eigenvalue weighted by Gasteiger charge is -2.19. The Hall–Kier alpha value is -0.380. The van der Waals surface area contributed by atoms with Crippen molar-refractivity contribution in [3.05, 3.63) is 21.9 Å². The van der Waals surface area contributed by atoms with Crippen molar-refractivity contribution in [3.63, 3.8) is 0 Å². The van der Waals surface area contributed by atoms with E-state index in [2.05, 4.69) is 37.5 Å². The number of thiophene rings is 1. The largest absolute Gasteiger partial charge is 0.396 e. The summed E-state index contributed by atoms with van der Waals surface area (Å²) in [6.07, 6.45) is 0.814. The van der Waals surface area contributed by atoms with Crippen molar-refractivity contribution in [2.45, 2.75) is 39.3 Å². The molecule has 1 unspecified atom stereocenters.